The summed E-state index contributed by atoms with van der Waals surface area (Å²) in [4.78, 5) is 17.2. The number of Topliss-reactive ketones (excluding diaryl/α,β-unsaturated/α-hetero) is 1. The minimum absolute atomic E-state index is 0.0988. The molecule has 0 saturated carbocycles. The minimum atomic E-state index is 0.0988. The van der Waals surface area contributed by atoms with Gasteiger partial charge in [-0.2, -0.15) is 0 Å². The van der Waals surface area contributed by atoms with Crippen molar-refractivity contribution in [1.82, 2.24) is 9.55 Å². The van der Waals surface area contributed by atoms with Gasteiger partial charge in [0.15, 0.2) is 10.9 Å². The number of ether oxygens (including phenoxy) is 1. The Hall–Kier alpha value is -2.27. The molecule has 0 aliphatic rings. The molecule has 3 rings (SSSR count). The summed E-state index contributed by atoms with van der Waals surface area (Å²) in [5, 5.41) is 0.913. The molecule has 25 heavy (non-hydrogen) atoms. The predicted octanol–water partition coefficient (Wildman–Crippen LogP) is 4.82. The van der Waals surface area contributed by atoms with Crippen LogP contribution < -0.4 is 4.74 Å². The van der Waals surface area contributed by atoms with E-state index in [1.54, 1.807) is 7.11 Å². The maximum Gasteiger partial charge on any atom is 0.173 e. The largest absolute Gasteiger partial charge is 0.497 e. The van der Waals surface area contributed by atoms with Crippen molar-refractivity contribution in [2.45, 2.75) is 31.5 Å². The van der Waals surface area contributed by atoms with Crippen LogP contribution in [0.25, 0.3) is 11.0 Å². The number of fused-ring (bicyclic) bond motifs is 1. The van der Waals surface area contributed by atoms with E-state index in [-0.39, 0.29) is 5.78 Å². The fourth-order valence-corrected chi connectivity index (χ4v) is 3.62. The molecular formula is C20H22N2O2S. The number of unbranched alkanes of at least 4 members (excludes halogenated alkanes) is 1. The fourth-order valence-electron chi connectivity index (χ4n) is 2.69. The number of methoxy groups -OCH3 is 1. The number of imidazole rings is 1. The summed E-state index contributed by atoms with van der Waals surface area (Å²) in [6.45, 7) is 3.11. The predicted molar refractivity (Wildman–Crippen MR) is 103 cm³/mol. The molecule has 5 heteroatoms. The maximum absolute atomic E-state index is 12.5. The third kappa shape index (κ3) is 4.04. The number of rotatable bonds is 8. The van der Waals surface area contributed by atoms with Crippen molar-refractivity contribution in [2.75, 3.05) is 12.9 Å². The molecule has 4 nitrogen and oxygen atoms in total. The molecular weight excluding hydrogens is 332 g/mol. The lowest BCUT2D eigenvalue weighted by Gasteiger charge is -2.08. The van der Waals surface area contributed by atoms with Gasteiger partial charge in [-0.25, -0.2) is 4.98 Å². The van der Waals surface area contributed by atoms with E-state index >= 15 is 0 Å². The number of carbonyl (C=O) groups excluding carboxylic acids is 1. The van der Waals surface area contributed by atoms with E-state index < -0.39 is 0 Å². The highest BCUT2D eigenvalue weighted by Gasteiger charge is 2.13. The van der Waals surface area contributed by atoms with Gasteiger partial charge in [-0.05, 0) is 42.8 Å². The average Bonchev–Trinajstić information content (AvgIpc) is 3.02. The van der Waals surface area contributed by atoms with Crippen LogP contribution in [0.1, 0.15) is 30.1 Å². The Bertz CT molecular complexity index is 856. The highest BCUT2D eigenvalue weighted by atomic mass is 32.2. The molecule has 1 aromatic heterocycles. The van der Waals surface area contributed by atoms with Gasteiger partial charge in [0.2, 0.25) is 0 Å². The molecule has 0 aliphatic heterocycles. The second-order valence-electron chi connectivity index (χ2n) is 5.83. The molecule has 0 unspecified atom stereocenters. The minimum Gasteiger partial charge on any atom is -0.497 e. The van der Waals surface area contributed by atoms with Crippen LogP contribution in [0.5, 0.6) is 5.75 Å². The van der Waals surface area contributed by atoms with Crippen molar-refractivity contribution in [2.24, 2.45) is 0 Å². The van der Waals surface area contributed by atoms with Crippen LogP contribution >= 0.6 is 11.8 Å². The summed E-state index contributed by atoms with van der Waals surface area (Å²) in [5.41, 5.74) is 2.82. The Morgan fingerprint density at radius 2 is 1.92 bits per heavy atom. The molecule has 2 aromatic carbocycles. The molecule has 0 aliphatic carbocycles. The third-order valence-corrected chi connectivity index (χ3v) is 5.08. The van der Waals surface area contributed by atoms with E-state index in [0.717, 1.165) is 41.3 Å². The molecule has 3 aromatic rings. The smallest absolute Gasteiger partial charge is 0.173 e. The van der Waals surface area contributed by atoms with Crippen molar-refractivity contribution in [3.8, 4) is 5.75 Å². The Kier molecular flexibility index (Phi) is 5.76. The van der Waals surface area contributed by atoms with Crippen LogP contribution in [0.15, 0.2) is 53.7 Å². The zero-order valence-corrected chi connectivity index (χ0v) is 15.4. The Morgan fingerprint density at radius 3 is 2.64 bits per heavy atom. The first kappa shape index (κ1) is 17.5. The normalized spacial score (nSPS) is 11.0. The van der Waals surface area contributed by atoms with E-state index in [0.29, 0.717) is 11.3 Å². The van der Waals surface area contributed by atoms with Crippen LogP contribution in [0.4, 0.5) is 0 Å². The van der Waals surface area contributed by atoms with Crippen molar-refractivity contribution >= 4 is 28.6 Å². The van der Waals surface area contributed by atoms with Gasteiger partial charge in [-0.1, -0.05) is 37.2 Å². The van der Waals surface area contributed by atoms with Crippen molar-refractivity contribution in [1.29, 1.82) is 0 Å². The number of benzene rings is 2. The highest BCUT2D eigenvalue weighted by molar-refractivity contribution is 7.99. The van der Waals surface area contributed by atoms with Crippen LogP contribution in [0.3, 0.4) is 0 Å². The van der Waals surface area contributed by atoms with Gasteiger partial charge in [0.1, 0.15) is 5.75 Å². The molecule has 0 fully saturated rings. The van der Waals surface area contributed by atoms with Gasteiger partial charge in [0, 0.05) is 12.1 Å². The molecule has 0 spiro atoms. The Balaban J connectivity index is 1.76. The molecule has 130 valence electrons. The van der Waals surface area contributed by atoms with Crippen molar-refractivity contribution < 1.29 is 9.53 Å². The monoisotopic (exact) mass is 354 g/mol. The van der Waals surface area contributed by atoms with Crippen LogP contribution in [-0.4, -0.2) is 28.2 Å². The number of carbonyl (C=O) groups is 1. The Labute approximate surface area is 152 Å². The molecule has 0 radical (unpaired) electrons. The number of para-hydroxylation sites is 2. The topological polar surface area (TPSA) is 44.1 Å². The van der Waals surface area contributed by atoms with Gasteiger partial charge in [0.05, 0.1) is 23.9 Å². The zero-order chi connectivity index (χ0) is 17.6. The Morgan fingerprint density at radius 1 is 1.16 bits per heavy atom. The number of ketones is 1. The highest BCUT2D eigenvalue weighted by Crippen LogP contribution is 2.25. The summed E-state index contributed by atoms with van der Waals surface area (Å²) in [7, 11) is 1.62. The summed E-state index contributed by atoms with van der Waals surface area (Å²) < 4.78 is 7.36. The number of hydrogen-bond acceptors (Lipinski definition) is 4. The summed E-state index contributed by atoms with van der Waals surface area (Å²) in [6.07, 6.45) is 2.22. The van der Waals surface area contributed by atoms with Gasteiger partial charge in [-0.3, -0.25) is 4.79 Å². The number of thioether (sulfide) groups is 1. The first-order valence-electron chi connectivity index (χ1n) is 8.48. The summed E-state index contributed by atoms with van der Waals surface area (Å²) in [5.74, 6) is 1.23. The van der Waals surface area contributed by atoms with E-state index in [4.69, 9.17) is 9.72 Å². The number of nitrogens with zero attached hydrogens (tertiary/aromatic N) is 2. The quantitative estimate of drug-likeness (QED) is 0.430. The fraction of sp³-hybridized carbons (Fsp3) is 0.300. The molecule has 1 heterocycles. The number of hydrogen-bond donors (Lipinski definition) is 0. The first-order chi connectivity index (χ1) is 12.2. The molecule has 0 saturated heterocycles. The van der Waals surface area contributed by atoms with E-state index in [2.05, 4.69) is 17.6 Å². The van der Waals surface area contributed by atoms with Crippen molar-refractivity contribution in [3.63, 3.8) is 0 Å². The van der Waals surface area contributed by atoms with Crippen LogP contribution in [0.2, 0.25) is 0 Å². The second-order valence-corrected chi connectivity index (χ2v) is 6.77. The zero-order valence-electron chi connectivity index (χ0n) is 14.6. The first-order valence-corrected chi connectivity index (χ1v) is 9.46. The molecule has 0 atom stereocenters. The lowest BCUT2D eigenvalue weighted by molar-refractivity contribution is 0.102. The van der Waals surface area contributed by atoms with Gasteiger partial charge < -0.3 is 9.30 Å². The van der Waals surface area contributed by atoms with E-state index in [9.17, 15) is 4.79 Å². The second kappa shape index (κ2) is 8.21. The standard InChI is InChI=1S/C20H22N2O2S/c1-3-4-13-22-18-8-6-5-7-17(18)21-20(22)25-14-19(23)15-9-11-16(24-2)12-10-15/h5-12H,3-4,13-14H2,1-2H3. The lowest BCUT2D eigenvalue weighted by atomic mass is 10.1. The van der Waals surface area contributed by atoms with Gasteiger partial charge >= 0.3 is 0 Å². The van der Waals surface area contributed by atoms with Crippen LogP contribution in [-0.2, 0) is 6.54 Å². The van der Waals surface area contributed by atoms with Crippen molar-refractivity contribution in [3.05, 3.63) is 54.1 Å². The lowest BCUT2D eigenvalue weighted by Crippen LogP contribution is -2.05. The van der Waals surface area contributed by atoms with E-state index in [1.807, 2.05) is 42.5 Å². The maximum atomic E-state index is 12.5. The number of aryl methyl sites for hydroxylation is 1. The summed E-state index contributed by atoms with van der Waals surface area (Å²) >= 11 is 1.51. The molecule has 0 amide bonds. The molecule has 0 bridgehead atoms. The number of aromatic nitrogens is 2. The summed E-state index contributed by atoms with van der Waals surface area (Å²) in [6, 6.07) is 15.4. The van der Waals surface area contributed by atoms with E-state index in [1.165, 1.54) is 11.8 Å². The van der Waals surface area contributed by atoms with Gasteiger partial charge in [-0.15, -0.1) is 0 Å². The third-order valence-electron chi connectivity index (χ3n) is 4.10. The van der Waals surface area contributed by atoms with Gasteiger partial charge in [0.25, 0.3) is 0 Å². The van der Waals surface area contributed by atoms with Crippen LogP contribution in [0, 0.1) is 0 Å². The SMILES string of the molecule is CCCCn1c(SCC(=O)c2ccc(OC)cc2)nc2ccccc21. The average molecular weight is 354 g/mol. The molecule has 0 N–H and O–H groups in total.